The van der Waals surface area contributed by atoms with Gasteiger partial charge in [-0.05, 0) is 34.5 Å². The zero-order chi connectivity index (χ0) is 10.3. The van der Waals surface area contributed by atoms with E-state index in [1.54, 1.807) is 6.07 Å². The number of hydrogen-bond donors (Lipinski definition) is 1. The van der Waals surface area contributed by atoms with E-state index in [0.29, 0.717) is 10.8 Å². The fourth-order valence-corrected chi connectivity index (χ4v) is 1.88. The second-order valence-electron chi connectivity index (χ2n) is 2.95. The lowest BCUT2D eigenvalue weighted by Gasteiger charge is -2.06. The molecule has 14 heavy (non-hydrogen) atoms. The summed E-state index contributed by atoms with van der Waals surface area (Å²) >= 11 is 9.40. The molecule has 2 rings (SSSR count). The van der Waals surface area contributed by atoms with Gasteiger partial charge in [-0.2, -0.15) is 0 Å². The molecule has 0 saturated carbocycles. The summed E-state index contributed by atoms with van der Waals surface area (Å²) in [7, 11) is 0. The van der Waals surface area contributed by atoms with Crippen molar-refractivity contribution in [2.75, 3.05) is 5.73 Å². The summed E-state index contributed by atoms with van der Waals surface area (Å²) in [6, 6.07) is 1.77. The van der Waals surface area contributed by atoms with Crippen molar-refractivity contribution in [1.82, 2.24) is 9.97 Å². The maximum atomic E-state index is 6.01. The molecule has 1 aromatic heterocycles. The summed E-state index contributed by atoms with van der Waals surface area (Å²) < 4.78 is 0.852. The van der Waals surface area contributed by atoms with E-state index in [9.17, 15) is 0 Å². The Kier molecular flexibility index (Phi) is 2.33. The van der Waals surface area contributed by atoms with Crippen LogP contribution in [0, 0.1) is 6.92 Å². The largest absolute Gasteiger partial charge is 0.383 e. The molecular weight excluding hydrogens is 265 g/mol. The number of rotatable bonds is 0. The van der Waals surface area contributed by atoms with Crippen LogP contribution in [0.15, 0.2) is 16.9 Å². The number of benzene rings is 1. The number of nitrogen functional groups attached to an aromatic ring is 1. The van der Waals surface area contributed by atoms with E-state index in [2.05, 4.69) is 25.9 Å². The average molecular weight is 273 g/mol. The van der Waals surface area contributed by atoms with Crippen LogP contribution in [0.3, 0.4) is 0 Å². The number of hydrogen-bond acceptors (Lipinski definition) is 3. The quantitative estimate of drug-likeness (QED) is 0.802. The van der Waals surface area contributed by atoms with Crippen molar-refractivity contribution < 1.29 is 0 Å². The van der Waals surface area contributed by atoms with Gasteiger partial charge in [-0.1, -0.05) is 11.6 Å². The second kappa shape index (κ2) is 3.37. The third-order valence-corrected chi connectivity index (χ3v) is 3.63. The lowest BCUT2D eigenvalue weighted by atomic mass is 10.1. The molecule has 2 N–H and O–H groups in total. The standard InChI is InChI=1S/C9H7BrClN3/c1-4-7(10)6(11)2-5-8(4)13-3-14-9(5)12/h2-3H,1H3,(H2,12,13,14). The smallest absolute Gasteiger partial charge is 0.134 e. The van der Waals surface area contributed by atoms with Crippen LogP contribution in [0.2, 0.25) is 5.02 Å². The van der Waals surface area contributed by atoms with Gasteiger partial charge in [0, 0.05) is 9.86 Å². The highest BCUT2D eigenvalue weighted by atomic mass is 79.9. The second-order valence-corrected chi connectivity index (χ2v) is 4.15. The van der Waals surface area contributed by atoms with Gasteiger partial charge in [-0.3, -0.25) is 0 Å². The molecule has 0 atom stereocenters. The van der Waals surface area contributed by atoms with Crippen LogP contribution in [0.25, 0.3) is 10.9 Å². The first-order chi connectivity index (χ1) is 6.61. The minimum absolute atomic E-state index is 0.451. The molecular formula is C9H7BrClN3. The Hall–Kier alpha value is -0.870. The van der Waals surface area contributed by atoms with Gasteiger partial charge < -0.3 is 5.73 Å². The highest BCUT2D eigenvalue weighted by molar-refractivity contribution is 9.10. The molecule has 0 aliphatic rings. The van der Waals surface area contributed by atoms with Gasteiger partial charge in [-0.25, -0.2) is 9.97 Å². The first kappa shape index (κ1) is 9.68. The fourth-order valence-electron chi connectivity index (χ4n) is 1.32. The molecule has 0 amide bonds. The molecule has 1 aromatic carbocycles. The SMILES string of the molecule is Cc1c(Br)c(Cl)cc2c(N)ncnc12. The summed E-state index contributed by atoms with van der Waals surface area (Å²) in [5, 5.41) is 1.41. The molecule has 0 bridgehead atoms. The normalized spacial score (nSPS) is 10.8. The molecule has 0 unspecified atom stereocenters. The lowest BCUT2D eigenvalue weighted by Crippen LogP contribution is -1.95. The van der Waals surface area contributed by atoms with Crippen molar-refractivity contribution in [2.45, 2.75) is 6.92 Å². The van der Waals surface area contributed by atoms with Crippen LogP contribution in [0.4, 0.5) is 5.82 Å². The van der Waals surface area contributed by atoms with Gasteiger partial charge >= 0.3 is 0 Å². The monoisotopic (exact) mass is 271 g/mol. The van der Waals surface area contributed by atoms with E-state index in [-0.39, 0.29) is 0 Å². The third kappa shape index (κ3) is 1.35. The predicted molar refractivity (Wildman–Crippen MR) is 61.4 cm³/mol. The van der Waals surface area contributed by atoms with E-state index in [1.807, 2.05) is 6.92 Å². The third-order valence-electron chi connectivity index (χ3n) is 2.08. The van der Waals surface area contributed by atoms with Crippen molar-refractivity contribution in [3.63, 3.8) is 0 Å². The van der Waals surface area contributed by atoms with E-state index >= 15 is 0 Å². The molecule has 0 radical (unpaired) electrons. The first-order valence-electron chi connectivity index (χ1n) is 3.96. The molecule has 5 heteroatoms. The molecule has 1 heterocycles. The van der Waals surface area contributed by atoms with Crippen LogP contribution in [-0.4, -0.2) is 9.97 Å². The van der Waals surface area contributed by atoms with E-state index in [0.717, 1.165) is 20.9 Å². The number of aryl methyl sites for hydroxylation is 1. The number of aromatic nitrogens is 2. The van der Waals surface area contributed by atoms with Crippen LogP contribution in [0.1, 0.15) is 5.56 Å². The number of nitrogens with two attached hydrogens (primary N) is 1. The van der Waals surface area contributed by atoms with Crippen molar-refractivity contribution >= 4 is 44.3 Å². The Morgan fingerprint density at radius 2 is 2.14 bits per heavy atom. The van der Waals surface area contributed by atoms with Gasteiger partial charge in [0.2, 0.25) is 0 Å². The zero-order valence-corrected chi connectivity index (χ0v) is 9.72. The van der Waals surface area contributed by atoms with Crippen LogP contribution >= 0.6 is 27.5 Å². The summed E-state index contributed by atoms with van der Waals surface area (Å²) in [6.07, 6.45) is 1.45. The van der Waals surface area contributed by atoms with Gasteiger partial charge in [0.25, 0.3) is 0 Å². The van der Waals surface area contributed by atoms with Crippen LogP contribution in [0.5, 0.6) is 0 Å². The first-order valence-corrected chi connectivity index (χ1v) is 5.13. The van der Waals surface area contributed by atoms with Gasteiger partial charge in [0.1, 0.15) is 12.1 Å². The topological polar surface area (TPSA) is 51.8 Å². The molecule has 0 saturated heterocycles. The predicted octanol–water partition coefficient (Wildman–Crippen LogP) is 2.94. The van der Waals surface area contributed by atoms with Crippen molar-refractivity contribution in [3.05, 3.63) is 27.5 Å². The summed E-state index contributed by atoms with van der Waals surface area (Å²) in [5.74, 6) is 0.451. The van der Waals surface area contributed by atoms with Gasteiger partial charge in [0.15, 0.2) is 0 Å². The molecule has 2 aromatic rings. The maximum Gasteiger partial charge on any atom is 0.134 e. The minimum atomic E-state index is 0.451. The highest BCUT2D eigenvalue weighted by Gasteiger charge is 2.09. The Morgan fingerprint density at radius 3 is 2.86 bits per heavy atom. The Bertz CT molecular complexity index is 513. The number of anilines is 1. The van der Waals surface area contributed by atoms with Crippen LogP contribution in [-0.2, 0) is 0 Å². The molecule has 72 valence electrons. The van der Waals surface area contributed by atoms with E-state index < -0.39 is 0 Å². The number of halogens is 2. The average Bonchev–Trinajstić information content (AvgIpc) is 2.17. The van der Waals surface area contributed by atoms with Crippen LogP contribution < -0.4 is 5.73 Å². The molecule has 0 spiro atoms. The Labute approximate surface area is 94.4 Å². The summed E-state index contributed by atoms with van der Waals surface area (Å²) in [4.78, 5) is 8.08. The van der Waals surface area contributed by atoms with Crippen molar-refractivity contribution in [2.24, 2.45) is 0 Å². The zero-order valence-electron chi connectivity index (χ0n) is 7.38. The lowest BCUT2D eigenvalue weighted by molar-refractivity contribution is 1.22. The molecule has 3 nitrogen and oxygen atoms in total. The Morgan fingerprint density at radius 1 is 1.43 bits per heavy atom. The summed E-state index contributed by atoms with van der Waals surface area (Å²) in [5.41, 5.74) is 7.52. The van der Waals surface area contributed by atoms with Crippen molar-refractivity contribution in [3.8, 4) is 0 Å². The molecule has 0 aliphatic heterocycles. The van der Waals surface area contributed by atoms with E-state index in [4.69, 9.17) is 17.3 Å². The summed E-state index contributed by atoms with van der Waals surface area (Å²) in [6.45, 7) is 1.94. The molecule has 0 aliphatic carbocycles. The number of nitrogens with zero attached hydrogens (tertiary/aromatic N) is 2. The fraction of sp³-hybridized carbons (Fsp3) is 0.111. The van der Waals surface area contributed by atoms with E-state index in [1.165, 1.54) is 6.33 Å². The highest BCUT2D eigenvalue weighted by Crippen LogP contribution is 2.33. The minimum Gasteiger partial charge on any atom is -0.383 e. The number of fused-ring (bicyclic) bond motifs is 1. The Balaban J connectivity index is 2.98. The molecule has 0 fully saturated rings. The van der Waals surface area contributed by atoms with Gasteiger partial charge in [-0.15, -0.1) is 0 Å². The maximum absolute atomic E-state index is 6.01. The van der Waals surface area contributed by atoms with Gasteiger partial charge in [0.05, 0.1) is 10.5 Å². The van der Waals surface area contributed by atoms with Crippen molar-refractivity contribution in [1.29, 1.82) is 0 Å².